The van der Waals surface area contributed by atoms with Crippen LogP contribution in [0.25, 0.3) is 16.8 Å². The maximum atomic E-state index is 14.3. The van der Waals surface area contributed by atoms with Crippen molar-refractivity contribution >= 4 is 34.1 Å². The number of carbonyl (C=O) groups is 1. The molecule has 8 nitrogen and oxygen atoms in total. The number of methoxy groups -OCH3 is 1. The number of hydrogen-bond donors (Lipinski definition) is 0. The van der Waals surface area contributed by atoms with Gasteiger partial charge in [-0.15, -0.1) is 0 Å². The van der Waals surface area contributed by atoms with Gasteiger partial charge in [-0.05, 0) is 75.2 Å². The van der Waals surface area contributed by atoms with Crippen molar-refractivity contribution in [1.82, 2.24) is 9.47 Å². The second kappa shape index (κ2) is 12.9. The van der Waals surface area contributed by atoms with Gasteiger partial charge in [0.1, 0.15) is 11.8 Å². The Kier molecular flexibility index (Phi) is 9.01. The van der Waals surface area contributed by atoms with E-state index in [0.29, 0.717) is 64.2 Å². The van der Waals surface area contributed by atoms with Crippen LogP contribution in [0.4, 0.5) is 0 Å². The molecule has 0 aliphatic carbocycles. The summed E-state index contributed by atoms with van der Waals surface area (Å²) in [5.74, 6) is 1.73. The molecule has 2 heterocycles. The van der Waals surface area contributed by atoms with Crippen molar-refractivity contribution in [1.29, 1.82) is 0 Å². The van der Waals surface area contributed by atoms with E-state index in [1.54, 1.807) is 16.6 Å². The Hall–Kier alpha value is -4.37. The van der Waals surface area contributed by atoms with Crippen molar-refractivity contribution in [3.05, 3.63) is 96.7 Å². The highest BCUT2D eigenvalue weighted by molar-refractivity contribution is 7.07. The lowest BCUT2D eigenvalue weighted by molar-refractivity contribution is -0.127. The molecule has 0 bridgehead atoms. The number of benzene rings is 3. The van der Waals surface area contributed by atoms with Gasteiger partial charge < -0.3 is 19.1 Å². The summed E-state index contributed by atoms with van der Waals surface area (Å²) in [4.78, 5) is 35.6. The summed E-state index contributed by atoms with van der Waals surface area (Å²) in [5.41, 5.74) is 2.39. The predicted octanol–water partition coefficient (Wildman–Crippen LogP) is 5.06. The van der Waals surface area contributed by atoms with Crippen LogP contribution in [0.2, 0.25) is 0 Å². The first kappa shape index (κ1) is 30.1. The second-order valence-corrected chi connectivity index (χ2v) is 11.0. The fourth-order valence-corrected chi connectivity index (χ4v) is 6.64. The van der Waals surface area contributed by atoms with Crippen molar-refractivity contribution in [2.45, 2.75) is 40.7 Å². The molecular weight excluding hydrogens is 562 g/mol. The van der Waals surface area contributed by atoms with Crippen molar-refractivity contribution in [2.24, 2.45) is 4.99 Å². The van der Waals surface area contributed by atoms with Crippen LogP contribution >= 0.6 is 11.3 Å². The van der Waals surface area contributed by atoms with Crippen molar-refractivity contribution < 1.29 is 19.0 Å². The molecule has 5 rings (SSSR count). The molecule has 1 aromatic heterocycles. The maximum absolute atomic E-state index is 14.3. The number of ether oxygens (including phenoxy) is 3. The molecule has 0 radical (unpaired) electrons. The van der Waals surface area contributed by atoms with Crippen molar-refractivity contribution in [3.63, 3.8) is 0 Å². The largest absolute Gasteiger partial charge is 0.496 e. The fourth-order valence-electron chi connectivity index (χ4n) is 5.59. The van der Waals surface area contributed by atoms with Crippen molar-refractivity contribution in [3.8, 4) is 17.2 Å². The van der Waals surface area contributed by atoms with Gasteiger partial charge in [-0.2, -0.15) is 0 Å². The van der Waals surface area contributed by atoms with E-state index in [9.17, 15) is 9.59 Å². The highest BCUT2D eigenvalue weighted by atomic mass is 32.1. The number of aromatic nitrogens is 1. The van der Waals surface area contributed by atoms with E-state index in [4.69, 9.17) is 19.2 Å². The van der Waals surface area contributed by atoms with Crippen molar-refractivity contribution in [2.75, 3.05) is 33.4 Å². The van der Waals surface area contributed by atoms with E-state index in [1.807, 2.05) is 95.3 Å². The molecule has 0 saturated heterocycles. The van der Waals surface area contributed by atoms with Crippen LogP contribution in [-0.2, 0) is 4.79 Å². The molecule has 43 heavy (non-hydrogen) atoms. The summed E-state index contributed by atoms with van der Waals surface area (Å²) in [6.45, 7) is 11.7. The normalized spacial score (nSPS) is 14.8. The SMILES string of the molecule is CCOc1ccc(/C=c2/sc3n(c2=O)[C@@H](c2c(OC)ccc4ccccc24)C(C(=O)N(CC)CC)=C(C)N=3)cc1OCC. The highest BCUT2D eigenvalue weighted by Gasteiger charge is 2.36. The van der Waals surface area contributed by atoms with E-state index in [1.165, 1.54) is 11.3 Å². The molecule has 1 atom stereocenters. The van der Waals surface area contributed by atoms with Gasteiger partial charge in [0, 0.05) is 18.7 Å². The predicted molar refractivity (Wildman–Crippen MR) is 171 cm³/mol. The molecular formula is C34H37N3O5S. The van der Waals surface area contributed by atoms with Crippen LogP contribution in [0.15, 0.2) is 75.7 Å². The lowest BCUT2D eigenvalue weighted by Gasteiger charge is -2.30. The molecule has 9 heteroatoms. The Morgan fingerprint density at radius 1 is 0.977 bits per heavy atom. The van der Waals surface area contributed by atoms with Gasteiger partial charge in [-0.3, -0.25) is 14.2 Å². The van der Waals surface area contributed by atoms with Gasteiger partial charge in [-0.1, -0.05) is 47.7 Å². The van der Waals surface area contributed by atoms with Crippen LogP contribution < -0.4 is 29.1 Å². The number of nitrogens with zero attached hydrogens (tertiary/aromatic N) is 3. The van der Waals surface area contributed by atoms with Crippen LogP contribution in [-0.4, -0.2) is 48.8 Å². The van der Waals surface area contributed by atoms with Crippen LogP contribution in [0.5, 0.6) is 17.2 Å². The topological polar surface area (TPSA) is 82.4 Å². The Balaban J connectivity index is 1.79. The molecule has 1 aliphatic rings. The number of allylic oxidation sites excluding steroid dienone is 1. The lowest BCUT2D eigenvalue weighted by atomic mass is 9.90. The third-order valence-electron chi connectivity index (χ3n) is 7.59. The second-order valence-electron chi connectivity index (χ2n) is 10.0. The average Bonchev–Trinajstić information content (AvgIpc) is 3.31. The van der Waals surface area contributed by atoms with Gasteiger partial charge in [0.05, 0.1) is 36.1 Å². The zero-order valence-electron chi connectivity index (χ0n) is 25.5. The summed E-state index contributed by atoms with van der Waals surface area (Å²) in [7, 11) is 1.61. The first-order valence-corrected chi connectivity index (χ1v) is 15.4. The molecule has 224 valence electrons. The molecule has 4 aromatic rings. The summed E-state index contributed by atoms with van der Waals surface area (Å²) in [6, 6.07) is 16.7. The minimum Gasteiger partial charge on any atom is -0.496 e. The first-order chi connectivity index (χ1) is 20.9. The van der Waals surface area contributed by atoms with E-state index < -0.39 is 6.04 Å². The van der Waals surface area contributed by atoms with Gasteiger partial charge in [0.15, 0.2) is 16.3 Å². The van der Waals surface area contributed by atoms with Gasteiger partial charge in [0.2, 0.25) is 0 Å². The smallest absolute Gasteiger partial charge is 0.271 e. The van der Waals surface area contributed by atoms with Crippen LogP contribution in [0.1, 0.15) is 51.8 Å². The lowest BCUT2D eigenvalue weighted by Crippen LogP contribution is -2.43. The minimum absolute atomic E-state index is 0.145. The van der Waals surface area contributed by atoms with Crippen LogP contribution in [0, 0.1) is 0 Å². The van der Waals surface area contributed by atoms with Gasteiger partial charge >= 0.3 is 0 Å². The van der Waals surface area contributed by atoms with E-state index in [2.05, 4.69) is 0 Å². The number of thiazole rings is 1. The zero-order chi connectivity index (χ0) is 30.7. The van der Waals surface area contributed by atoms with E-state index in [0.717, 1.165) is 21.9 Å². The Morgan fingerprint density at radius 2 is 1.67 bits per heavy atom. The number of rotatable bonds is 10. The quantitative estimate of drug-likeness (QED) is 0.255. The minimum atomic E-state index is -0.730. The molecule has 0 saturated carbocycles. The first-order valence-electron chi connectivity index (χ1n) is 14.6. The molecule has 1 aliphatic heterocycles. The Morgan fingerprint density at radius 3 is 2.37 bits per heavy atom. The van der Waals surface area contributed by atoms with E-state index >= 15 is 0 Å². The number of hydrogen-bond acceptors (Lipinski definition) is 7. The summed E-state index contributed by atoms with van der Waals surface area (Å²) in [5, 5.41) is 1.90. The standard InChI is InChI=1S/C34H37N3O5S/c1-7-36(8-2)33(39)29-21(5)35-34-37(31(29)30-24-14-12-11-13-23(24)16-18-26(30)40-6)32(38)28(43-34)20-22-15-17-25(41-9-3)27(19-22)42-10-4/h11-20,31H,7-10H2,1-6H3/b28-20+/t31-/m1/s1. The highest BCUT2D eigenvalue weighted by Crippen LogP contribution is 2.40. The number of fused-ring (bicyclic) bond motifs is 2. The number of likely N-dealkylation sites (N-methyl/N-ethyl adjacent to an activating group) is 1. The summed E-state index contributed by atoms with van der Waals surface area (Å²) < 4.78 is 19.6. The molecule has 3 aromatic carbocycles. The third kappa shape index (κ3) is 5.57. The zero-order valence-corrected chi connectivity index (χ0v) is 26.3. The monoisotopic (exact) mass is 599 g/mol. The number of amides is 1. The Labute approximate surface area is 255 Å². The van der Waals surface area contributed by atoms with Gasteiger partial charge in [-0.25, -0.2) is 4.99 Å². The Bertz CT molecular complexity index is 1880. The van der Waals surface area contributed by atoms with E-state index in [-0.39, 0.29) is 11.5 Å². The fraction of sp³-hybridized carbons (Fsp3) is 0.324. The summed E-state index contributed by atoms with van der Waals surface area (Å²) >= 11 is 1.30. The van der Waals surface area contributed by atoms with Crippen LogP contribution in [0.3, 0.4) is 0 Å². The summed E-state index contributed by atoms with van der Waals surface area (Å²) in [6.07, 6.45) is 1.84. The maximum Gasteiger partial charge on any atom is 0.271 e. The third-order valence-corrected chi connectivity index (χ3v) is 8.57. The molecule has 0 fully saturated rings. The number of carbonyl (C=O) groups excluding carboxylic acids is 1. The van der Waals surface area contributed by atoms with Gasteiger partial charge in [0.25, 0.3) is 11.5 Å². The molecule has 0 N–H and O–H groups in total. The molecule has 0 unspecified atom stereocenters. The molecule has 0 spiro atoms. The molecule has 1 amide bonds. The average molecular weight is 600 g/mol.